The Labute approximate surface area is 88.1 Å². The summed E-state index contributed by atoms with van der Waals surface area (Å²) in [6, 6.07) is 0. The van der Waals surface area contributed by atoms with Crippen LogP contribution in [0.4, 0.5) is 0 Å². The zero-order valence-corrected chi connectivity index (χ0v) is 9.68. The van der Waals surface area contributed by atoms with Crippen molar-refractivity contribution < 1.29 is 0 Å². The molecule has 2 nitrogen and oxygen atoms in total. The highest BCUT2D eigenvalue weighted by Crippen LogP contribution is 2.28. The summed E-state index contributed by atoms with van der Waals surface area (Å²) in [5, 5.41) is 3.65. The molecule has 0 bridgehead atoms. The molecule has 0 spiro atoms. The molecule has 1 N–H and O–H groups in total. The fourth-order valence-electron chi connectivity index (χ4n) is 2.96. The van der Waals surface area contributed by atoms with Crippen molar-refractivity contribution in [3.63, 3.8) is 0 Å². The highest BCUT2D eigenvalue weighted by Gasteiger charge is 2.29. The number of likely N-dealkylation sites (tertiary alicyclic amines) is 1. The second-order valence-corrected chi connectivity index (χ2v) is 5.55. The fourth-order valence-corrected chi connectivity index (χ4v) is 2.96. The Morgan fingerprint density at radius 3 is 2.93 bits per heavy atom. The van der Waals surface area contributed by atoms with Crippen molar-refractivity contribution in [1.82, 2.24) is 10.2 Å². The third-order valence-electron chi connectivity index (χ3n) is 4.05. The average molecular weight is 196 g/mol. The smallest absolute Gasteiger partial charge is 0.0153 e. The first kappa shape index (κ1) is 10.4. The fraction of sp³-hybridized carbons (Fsp3) is 1.00. The minimum Gasteiger partial charge on any atom is -0.312 e. The van der Waals surface area contributed by atoms with Crippen LogP contribution >= 0.6 is 0 Å². The maximum atomic E-state index is 3.65. The van der Waals surface area contributed by atoms with Crippen LogP contribution in [0.5, 0.6) is 0 Å². The molecule has 0 aliphatic carbocycles. The monoisotopic (exact) mass is 196 g/mol. The number of nitrogens with one attached hydrogen (secondary N) is 1. The summed E-state index contributed by atoms with van der Waals surface area (Å²) in [5.74, 6) is 0.972. The average Bonchev–Trinajstić information content (AvgIpc) is 2.73. The number of nitrogens with zero attached hydrogens (tertiary/aromatic N) is 1. The Morgan fingerprint density at radius 1 is 1.50 bits per heavy atom. The molecule has 82 valence electrons. The normalized spacial score (nSPS) is 39.4. The lowest BCUT2D eigenvalue weighted by atomic mass is 9.89. The van der Waals surface area contributed by atoms with Crippen molar-refractivity contribution in [1.29, 1.82) is 0 Å². The van der Waals surface area contributed by atoms with E-state index in [4.69, 9.17) is 0 Å². The third-order valence-corrected chi connectivity index (χ3v) is 4.05. The summed E-state index contributed by atoms with van der Waals surface area (Å²) < 4.78 is 0. The van der Waals surface area contributed by atoms with Crippen molar-refractivity contribution in [3.05, 3.63) is 0 Å². The summed E-state index contributed by atoms with van der Waals surface area (Å²) in [4.78, 5) is 2.47. The van der Waals surface area contributed by atoms with Crippen molar-refractivity contribution in [3.8, 4) is 0 Å². The van der Waals surface area contributed by atoms with Crippen LogP contribution < -0.4 is 5.32 Å². The van der Waals surface area contributed by atoms with Crippen LogP contribution in [-0.2, 0) is 0 Å². The van der Waals surface area contributed by atoms with Crippen LogP contribution in [0, 0.1) is 5.92 Å². The molecule has 2 atom stereocenters. The van der Waals surface area contributed by atoms with Crippen molar-refractivity contribution >= 4 is 0 Å². The molecule has 0 amide bonds. The van der Waals surface area contributed by atoms with E-state index in [0.717, 1.165) is 5.92 Å². The summed E-state index contributed by atoms with van der Waals surface area (Å²) >= 11 is 0. The van der Waals surface area contributed by atoms with E-state index in [9.17, 15) is 0 Å². The first-order chi connectivity index (χ1) is 6.68. The van der Waals surface area contributed by atoms with Crippen molar-refractivity contribution in [2.24, 2.45) is 5.92 Å². The Bertz CT molecular complexity index is 185. The molecule has 0 saturated carbocycles. The largest absolute Gasteiger partial charge is 0.312 e. The van der Waals surface area contributed by atoms with Crippen molar-refractivity contribution in [2.45, 2.75) is 44.6 Å². The van der Waals surface area contributed by atoms with Gasteiger partial charge in [0.1, 0.15) is 0 Å². The van der Waals surface area contributed by atoms with E-state index in [1.54, 1.807) is 0 Å². The molecule has 0 radical (unpaired) electrons. The zero-order chi connectivity index (χ0) is 10.0. The molecular formula is C12H24N2. The van der Waals surface area contributed by atoms with E-state index in [0.29, 0.717) is 5.54 Å². The van der Waals surface area contributed by atoms with Gasteiger partial charge in [-0.1, -0.05) is 0 Å². The molecule has 2 aliphatic heterocycles. The Hall–Kier alpha value is -0.0800. The molecule has 0 aromatic carbocycles. The van der Waals surface area contributed by atoms with Gasteiger partial charge in [-0.15, -0.1) is 0 Å². The minimum atomic E-state index is 0.473. The summed E-state index contributed by atoms with van der Waals surface area (Å²) in [5.41, 5.74) is 0.473. The van der Waals surface area contributed by atoms with E-state index in [1.165, 1.54) is 51.7 Å². The quantitative estimate of drug-likeness (QED) is 0.741. The van der Waals surface area contributed by atoms with Crippen LogP contribution in [0.3, 0.4) is 0 Å². The minimum absolute atomic E-state index is 0.473. The number of hydrogen-bond acceptors (Lipinski definition) is 2. The van der Waals surface area contributed by atoms with Gasteiger partial charge in [0.05, 0.1) is 0 Å². The van der Waals surface area contributed by atoms with E-state index in [-0.39, 0.29) is 0 Å². The molecule has 2 heterocycles. The molecule has 2 aliphatic rings. The van der Waals surface area contributed by atoms with Gasteiger partial charge in [0.15, 0.2) is 0 Å². The van der Waals surface area contributed by atoms with Crippen LogP contribution in [0.25, 0.3) is 0 Å². The van der Waals surface area contributed by atoms with E-state index < -0.39 is 0 Å². The molecule has 2 saturated heterocycles. The Balaban J connectivity index is 1.71. The first-order valence-corrected chi connectivity index (χ1v) is 6.12. The number of hydrogen-bond donors (Lipinski definition) is 1. The molecule has 2 rings (SSSR count). The van der Waals surface area contributed by atoms with Gasteiger partial charge in [0, 0.05) is 12.1 Å². The van der Waals surface area contributed by atoms with Gasteiger partial charge >= 0.3 is 0 Å². The maximum absolute atomic E-state index is 3.65. The van der Waals surface area contributed by atoms with Gasteiger partial charge < -0.3 is 10.2 Å². The highest BCUT2D eigenvalue weighted by molar-refractivity contribution is 4.89. The molecular weight excluding hydrogens is 172 g/mol. The van der Waals surface area contributed by atoms with Gasteiger partial charge in [0.25, 0.3) is 0 Å². The first-order valence-electron chi connectivity index (χ1n) is 6.12. The van der Waals surface area contributed by atoms with Crippen LogP contribution in [0.15, 0.2) is 0 Å². The predicted molar refractivity (Wildman–Crippen MR) is 60.5 cm³/mol. The third kappa shape index (κ3) is 2.48. The summed E-state index contributed by atoms with van der Waals surface area (Å²) in [6.45, 7) is 6.28. The molecule has 2 fully saturated rings. The van der Waals surface area contributed by atoms with E-state index in [2.05, 4.69) is 24.2 Å². The van der Waals surface area contributed by atoms with Gasteiger partial charge in [-0.05, 0) is 65.1 Å². The lowest BCUT2D eigenvalue weighted by molar-refractivity contribution is 0.325. The Kier molecular flexibility index (Phi) is 3.13. The number of rotatable bonds is 3. The van der Waals surface area contributed by atoms with E-state index in [1.807, 2.05) is 0 Å². The lowest BCUT2D eigenvalue weighted by Gasteiger charge is -2.25. The standard InChI is InChI=1S/C12H24N2/c1-12(6-3-8-13-12)7-4-11-5-9-14(2)10-11/h11,13H,3-10H2,1-2H3. The van der Waals surface area contributed by atoms with Gasteiger partial charge in [-0.25, -0.2) is 0 Å². The van der Waals surface area contributed by atoms with Gasteiger partial charge in [-0.2, -0.15) is 0 Å². The molecule has 0 aromatic rings. The second-order valence-electron chi connectivity index (χ2n) is 5.55. The molecule has 2 heteroatoms. The summed E-state index contributed by atoms with van der Waals surface area (Å²) in [6.07, 6.45) is 6.99. The summed E-state index contributed by atoms with van der Waals surface area (Å²) in [7, 11) is 2.25. The molecule has 0 aromatic heterocycles. The topological polar surface area (TPSA) is 15.3 Å². The van der Waals surface area contributed by atoms with E-state index >= 15 is 0 Å². The Morgan fingerprint density at radius 2 is 2.36 bits per heavy atom. The van der Waals surface area contributed by atoms with Gasteiger partial charge in [-0.3, -0.25) is 0 Å². The molecule has 2 unspecified atom stereocenters. The lowest BCUT2D eigenvalue weighted by Crippen LogP contribution is -2.36. The van der Waals surface area contributed by atoms with Crippen LogP contribution in [0.1, 0.15) is 39.0 Å². The maximum Gasteiger partial charge on any atom is 0.0153 e. The zero-order valence-electron chi connectivity index (χ0n) is 9.68. The second kappa shape index (κ2) is 4.19. The predicted octanol–water partition coefficient (Wildman–Crippen LogP) is 1.86. The van der Waals surface area contributed by atoms with Crippen molar-refractivity contribution in [2.75, 3.05) is 26.7 Å². The van der Waals surface area contributed by atoms with Gasteiger partial charge in [0.2, 0.25) is 0 Å². The van der Waals surface area contributed by atoms with Crippen LogP contribution in [-0.4, -0.2) is 37.1 Å². The molecule has 14 heavy (non-hydrogen) atoms. The highest BCUT2D eigenvalue weighted by atomic mass is 15.1. The SMILES string of the molecule is CN1CCC(CCC2(C)CCCN2)C1. The van der Waals surface area contributed by atoms with Crippen LogP contribution in [0.2, 0.25) is 0 Å².